The Balaban J connectivity index is 3.09. The lowest BCUT2D eigenvalue weighted by molar-refractivity contribution is 0.0168. The first kappa shape index (κ1) is 15.7. The van der Waals surface area contributed by atoms with Gasteiger partial charge in [-0.25, -0.2) is 8.78 Å². The molecule has 0 aromatic carbocycles. The monoisotopic (exact) mass is 238 g/mol. The molecule has 0 rings (SSSR count). The molecule has 0 spiro atoms. The van der Waals surface area contributed by atoms with Crippen LogP contribution < -0.4 is 5.32 Å². The summed E-state index contributed by atoms with van der Waals surface area (Å²) in [5.74, 6) is 0. The highest BCUT2D eigenvalue weighted by atomic mass is 19.3. The molecule has 0 amide bonds. The van der Waals surface area contributed by atoms with Gasteiger partial charge in [0.25, 0.3) is 6.43 Å². The SMILES string of the molecule is CCN(CC)CCNCCCOCC(F)F. The van der Waals surface area contributed by atoms with E-state index in [1.807, 2.05) is 0 Å². The maximum Gasteiger partial charge on any atom is 0.261 e. The van der Waals surface area contributed by atoms with Crippen molar-refractivity contribution >= 4 is 0 Å². The van der Waals surface area contributed by atoms with E-state index in [9.17, 15) is 8.78 Å². The topological polar surface area (TPSA) is 24.5 Å². The zero-order chi connectivity index (χ0) is 12.2. The smallest absolute Gasteiger partial charge is 0.261 e. The van der Waals surface area contributed by atoms with Crippen molar-refractivity contribution < 1.29 is 13.5 Å². The summed E-state index contributed by atoms with van der Waals surface area (Å²) in [6, 6.07) is 0. The Morgan fingerprint density at radius 3 is 2.44 bits per heavy atom. The summed E-state index contributed by atoms with van der Waals surface area (Å²) < 4.78 is 28.1. The molecular weight excluding hydrogens is 214 g/mol. The lowest BCUT2D eigenvalue weighted by Gasteiger charge is -2.17. The molecule has 0 aliphatic heterocycles. The first-order valence-electron chi connectivity index (χ1n) is 5.99. The molecule has 0 saturated heterocycles. The number of alkyl halides is 2. The molecule has 1 N–H and O–H groups in total. The average Bonchev–Trinajstić information content (AvgIpc) is 2.27. The quantitative estimate of drug-likeness (QED) is 0.553. The first-order valence-corrected chi connectivity index (χ1v) is 5.99. The number of rotatable bonds is 11. The largest absolute Gasteiger partial charge is 0.375 e. The lowest BCUT2D eigenvalue weighted by atomic mass is 10.4. The van der Waals surface area contributed by atoms with Gasteiger partial charge in [-0.05, 0) is 26.1 Å². The van der Waals surface area contributed by atoms with Crippen molar-refractivity contribution in [3.05, 3.63) is 0 Å². The Morgan fingerprint density at radius 2 is 1.88 bits per heavy atom. The third kappa shape index (κ3) is 10.3. The molecule has 0 aliphatic carbocycles. The normalized spacial score (nSPS) is 11.6. The van der Waals surface area contributed by atoms with Gasteiger partial charge in [0.1, 0.15) is 6.61 Å². The summed E-state index contributed by atoms with van der Waals surface area (Å²) in [5, 5.41) is 3.26. The second kappa shape index (κ2) is 11.2. The van der Waals surface area contributed by atoms with Crippen LogP contribution in [0, 0.1) is 0 Å². The Bertz CT molecular complexity index is 144. The molecule has 0 fully saturated rings. The minimum absolute atomic E-state index is 0.405. The van der Waals surface area contributed by atoms with Gasteiger partial charge in [0.15, 0.2) is 0 Å². The minimum atomic E-state index is -2.35. The molecule has 0 atom stereocenters. The average molecular weight is 238 g/mol. The van der Waals surface area contributed by atoms with Crippen LogP contribution in [0.15, 0.2) is 0 Å². The number of nitrogens with one attached hydrogen (secondary N) is 1. The highest BCUT2D eigenvalue weighted by molar-refractivity contribution is 4.55. The van der Waals surface area contributed by atoms with Crippen molar-refractivity contribution in [3.63, 3.8) is 0 Å². The van der Waals surface area contributed by atoms with Crippen LogP contribution in [0.1, 0.15) is 20.3 Å². The van der Waals surface area contributed by atoms with Gasteiger partial charge in [0, 0.05) is 19.7 Å². The van der Waals surface area contributed by atoms with E-state index in [-0.39, 0.29) is 0 Å². The molecule has 0 heterocycles. The summed E-state index contributed by atoms with van der Waals surface area (Å²) >= 11 is 0. The van der Waals surface area contributed by atoms with Crippen molar-refractivity contribution in [3.8, 4) is 0 Å². The van der Waals surface area contributed by atoms with Crippen LogP contribution in [0.3, 0.4) is 0 Å². The highest BCUT2D eigenvalue weighted by Crippen LogP contribution is 1.92. The Morgan fingerprint density at radius 1 is 1.19 bits per heavy atom. The maximum absolute atomic E-state index is 11.7. The predicted octanol–water partition coefficient (Wildman–Crippen LogP) is 1.59. The standard InChI is InChI=1S/C11H24F2N2O/c1-3-15(4-2)8-7-14-6-5-9-16-10-11(12)13/h11,14H,3-10H2,1-2H3. The molecule has 16 heavy (non-hydrogen) atoms. The maximum atomic E-state index is 11.7. The number of halogens is 2. The molecule has 0 aromatic rings. The van der Waals surface area contributed by atoms with Crippen molar-refractivity contribution in [1.29, 1.82) is 0 Å². The molecule has 0 aromatic heterocycles. The molecule has 3 nitrogen and oxygen atoms in total. The number of hydrogen-bond acceptors (Lipinski definition) is 3. The lowest BCUT2D eigenvalue weighted by Crippen LogP contribution is -2.32. The fourth-order valence-corrected chi connectivity index (χ4v) is 1.37. The Labute approximate surface area is 97.1 Å². The number of hydrogen-bond donors (Lipinski definition) is 1. The zero-order valence-electron chi connectivity index (χ0n) is 10.3. The van der Waals surface area contributed by atoms with Crippen molar-refractivity contribution in [1.82, 2.24) is 10.2 Å². The Kier molecular flexibility index (Phi) is 11.0. The third-order valence-corrected chi connectivity index (χ3v) is 2.39. The summed E-state index contributed by atoms with van der Waals surface area (Å²) in [6.45, 7) is 9.17. The van der Waals surface area contributed by atoms with Crippen molar-refractivity contribution in [2.45, 2.75) is 26.7 Å². The number of ether oxygens (including phenoxy) is 1. The molecule has 0 bridgehead atoms. The predicted molar refractivity (Wildman–Crippen MR) is 62.1 cm³/mol. The van der Waals surface area contributed by atoms with Crippen molar-refractivity contribution in [2.75, 3.05) is 45.9 Å². The molecule has 5 heteroatoms. The molecular formula is C11H24F2N2O. The first-order chi connectivity index (χ1) is 7.70. The third-order valence-electron chi connectivity index (χ3n) is 2.39. The van der Waals surface area contributed by atoms with Gasteiger partial charge < -0.3 is 15.0 Å². The molecule has 0 aliphatic rings. The van der Waals surface area contributed by atoms with Crippen LogP contribution in [0.4, 0.5) is 8.78 Å². The minimum Gasteiger partial charge on any atom is -0.375 e. The number of likely N-dealkylation sites (N-methyl/N-ethyl adjacent to an activating group) is 1. The fourth-order valence-electron chi connectivity index (χ4n) is 1.37. The van der Waals surface area contributed by atoms with Gasteiger partial charge in [-0.15, -0.1) is 0 Å². The van der Waals surface area contributed by atoms with Crippen LogP contribution in [0.5, 0.6) is 0 Å². The summed E-state index contributed by atoms with van der Waals surface area (Å²) in [6.07, 6.45) is -1.57. The molecule has 0 unspecified atom stereocenters. The van der Waals surface area contributed by atoms with E-state index in [4.69, 9.17) is 4.74 Å². The summed E-state index contributed by atoms with van der Waals surface area (Å²) in [5.41, 5.74) is 0. The molecule has 98 valence electrons. The highest BCUT2D eigenvalue weighted by Gasteiger charge is 2.01. The van der Waals surface area contributed by atoms with E-state index in [0.29, 0.717) is 6.61 Å². The second-order valence-electron chi connectivity index (χ2n) is 3.60. The number of nitrogens with zero attached hydrogens (tertiary/aromatic N) is 1. The molecule has 0 radical (unpaired) electrons. The van der Waals surface area contributed by atoms with E-state index in [0.717, 1.165) is 39.1 Å². The summed E-state index contributed by atoms with van der Waals surface area (Å²) in [4.78, 5) is 2.33. The van der Waals surface area contributed by atoms with E-state index in [1.54, 1.807) is 0 Å². The van der Waals surface area contributed by atoms with Gasteiger partial charge in [-0.3, -0.25) is 0 Å². The van der Waals surface area contributed by atoms with E-state index < -0.39 is 13.0 Å². The van der Waals surface area contributed by atoms with Crippen LogP contribution in [0.25, 0.3) is 0 Å². The summed E-state index contributed by atoms with van der Waals surface area (Å²) in [7, 11) is 0. The van der Waals surface area contributed by atoms with Gasteiger partial charge in [-0.2, -0.15) is 0 Å². The molecule has 0 saturated carbocycles. The van der Waals surface area contributed by atoms with E-state index in [1.165, 1.54) is 0 Å². The zero-order valence-corrected chi connectivity index (χ0v) is 10.3. The van der Waals surface area contributed by atoms with Crippen LogP contribution in [0.2, 0.25) is 0 Å². The van der Waals surface area contributed by atoms with Crippen LogP contribution in [-0.4, -0.2) is 57.3 Å². The Hall–Kier alpha value is -0.260. The van der Waals surface area contributed by atoms with E-state index in [2.05, 4.69) is 24.1 Å². The van der Waals surface area contributed by atoms with Gasteiger partial charge in [0.2, 0.25) is 0 Å². The van der Waals surface area contributed by atoms with Gasteiger partial charge in [0.05, 0.1) is 0 Å². The second-order valence-corrected chi connectivity index (χ2v) is 3.60. The van der Waals surface area contributed by atoms with Crippen LogP contribution in [-0.2, 0) is 4.74 Å². The van der Waals surface area contributed by atoms with E-state index >= 15 is 0 Å². The van der Waals surface area contributed by atoms with Gasteiger partial charge >= 0.3 is 0 Å². The van der Waals surface area contributed by atoms with Crippen LogP contribution >= 0.6 is 0 Å². The van der Waals surface area contributed by atoms with Gasteiger partial charge in [-0.1, -0.05) is 13.8 Å². The fraction of sp³-hybridized carbons (Fsp3) is 1.00. The van der Waals surface area contributed by atoms with Crippen molar-refractivity contribution in [2.24, 2.45) is 0 Å².